The maximum absolute atomic E-state index is 8.97. The molecular weight excluding hydrogens is 136 g/mol. The van der Waals surface area contributed by atoms with E-state index in [-0.39, 0.29) is 12.5 Å². The third kappa shape index (κ3) is 2.19. The lowest BCUT2D eigenvalue weighted by molar-refractivity contribution is 0.265. The second kappa shape index (κ2) is 4.35. The van der Waals surface area contributed by atoms with Gasteiger partial charge < -0.3 is 5.11 Å². The fourth-order valence-corrected chi connectivity index (χ4v) is 1.54. The molecule has 0 fully saturated rings. The van der Waals surface area contributed by atoms with Gasteiger partial charge in [-0.3, -0.25) is 0 Å². The summed E-state index contributed by atoms with van der Waals surface area (Å²) in [5, 5.41) is 8.97. The van der Waals surface area contributed by atoms with Gasteiger partial charge in [-0.25, -0.2) is 0 Å². The predicted molar refractivity (Wildman–Crippen MR) is 47.3 cm³/mol. The summed E-state index contributed by atoms with van der Waals surface area (Å²) < 4.78 is 0. The molecule has 1 rings (SSSR count). The molecule has 0 saturated heterocycles. The summed E-state index contributed by atoms with van der Waals surface area (Å²) in [5.74, 6) is 0.218. The lowest BCUT2D eigenvalue weighted by Gasteiger charge is -2.17. The Hall–Kier alpha value is -0.560. The monoisotopic (exact) mass is 152 g/mol. The summed E-state index contributed by atoms with van der Waals surface area (Å²) in [6.07, 6.45) is 9.01. The third-order valence-electron chi connectivity index (χ3n) is 2.28. The van der Waals surface area contributed by atoms with Crippen molar-refractivity contribution in [2.45, 2.75) is 25.7 Å². The fraction of sp³-hybridized carbons (Fsp3) is 0.600. The predicted octanol–water partition coefficient (Wildman–Crippen LogP) is 2.28. The van der Waals surface area contributed by atoms with Crippen molar-refractivity contribution in [1.29, 1.82) is 0 Å². The average molecular weight is 152 g/mol. The standard InChI is InChI=1S/C10H16O/c1-2-9(8-11)10-6-4-3-5-7-10/h2,6,9,11H,1,3-5,7-8H2/t9-/m1/s1. The second-order valence-corrected chi connectivity index (χ2v) is 3.05. The SMILES string of the molecule is C=C[C@H](CO)C1=CCCCC1. The van der Waals surface area contributed by atoms with Gasteiger partial charge in [0, 0.05) is 5.92 Å². The molecule has 0 aromatic rings. The van der Waals surface area contributed by atoms with E-state index in [1.165, 1.54) is 24.8 Å². The van der Waals surface area contributed by atoms with Gasteiger partial charge in [0.15, 0.2) is 0 Å². The zero-order valence-corrected chi connectivity index (χ0v) is 6.92. The van der Waals surface area contributed by atoms with Crippen LogP contribution in [0, 0.1) is 5.92 Å². The number of allylic oxidation sites excluding steroid dienone is 1. The zero-order chi connectivity index (χ0) is 8.10. The molecule has 0 amide bonds. The molecule has 0 spiro atoms. The Bertz CT molecular complexity index is 158. The first kappa shape index (κ1) is 8.54. The zero-order valence-electron chi connectivity index (χ0n) is 6.92. The molecule has 1 aliphatic rings. The van der Waals surface area contributed by atoms with E-state index in [0.717, 1.165) is 6.42 Å². The quantitative estimate of drug-likeness (QED) is 0.615. The molecule has 1 atom stereocenters. The fourth-order valence-electron chi connectivity index (χ4n) is 1.54. The minimum absolute atomic E-state index is 0.218. The van der Waals surface area contributed by atoms with E-state index >= 15 is 0 Å². The van der Waals surface area contributed by atoms with Gasteiger partial charge in [0.05, 0.1) is 6.61 Å². The van der Waals surface area contributed by atoms with Crippen molar-refractivity contribution in [3.8, 4) is 0 Å². The van der Waals surface area contributed by atoms with E-state index < -0.39 is 0 Å². The summed E-state index contributed by atoms with van der Waals surface area (Å²) >= 11 is 0. The molecule has 0 aliphatic heterocycles. The highest BCUT2D eigenvalue weighted by Crippen LogP contribution is 2.24. The van der Waals surface area contributed by atoms with Gasteiger partial charge in [-0.1, -0.05) is 17.7 Å². The van der Waals surface area contributed by atoms with E-state index in [0.29, 0.717) is 0 Å². The summed E-state index contributed by atoms with van der Waals surface area (Å²) in [6, 6.07) is 0. The Morgan fingerprint density at radius 2 is 2.45 bits per heavy atom. The maximum Gasteiger partial charge on any atom is 0.0531 e. The van der Waals surface area contributed by atoms with Gasteiger partial charge in [-0.05, 0) is 25.7 Å². The summed E-state index contributed by atoms with van der Waals surface area (Å²) in [5.41, 5.74) is 1.38. The lowest BCUT2D eigenvalue weighted by Crippen LogP contribution is -2.08. The lowest BCUT2D eigenvalue weighted by atomic mass is 9.90. The van der Waals surface area contributed by atoms with Crippen molar-refractivity contribution >= 4 is 0 Å². The van der Waals surface area contributed by atoms with Crippen LogP contribution in [0.1, 0.15) is 25.7 Å². The van der Waals surface area contributed by atoms with Crippen molar-refractivity contribution in [3.05, 3.63) is 24.3 Å². The van der Waals surface area contributed by atoms with Crippen molar-refractivity contribution in [2.75, 3.05) is 6.61 Å². The Balaban J connectivity index is 2.55. The van der Waals surface area contributed by atoms with E-state index in [9.17, 15) is 0 Å². The molecule has 0 saturated carbocycles. The molecule has 0 aromatic heterocycles. The largest absolute Gasteiger partial charge is 0.395 e. The van der Waals surface area contributed by atoms with Crippen molar-refractivity contribution in [3.63, 3.8) is 0 Å². The van der Waals surface area contributed by atoms with Gasteiger partial charge >= 0.3 is 0 Å². The average Bonchev–Trinajstić information content (AvgIpc) is 2.09. The minimum atomic E-state index is 0.218. The van der Waals surface area contributed by atoms with Crippen LogP contribution in [0.4, 0.5) is 0 Å². The first-order valence-electron chi connectivity index (χ1n) is 4.31. The van der Waals surface area contributed by atoms with Gasteiger partial charge in [0.2, 0.25) is 0 Å². The normalized spacial score (nSPS) is 20.6. The van der Waals surface area contributed by atoms with E-state index in [2.05, 4.69) is 12.7 Å². The molecule has 0 heterocycles. The molecule has 1 heteroatoms. The van der Waals surface area contributed by atoms with Crippen LogP contribution in [-0.2, 0) is 0 Å². The highest BCUT2D eigenvalue weighted by molar-refractivity contribution is 5.14. The van der Waals surface area contributed by atoms with Crippen LogP contribution < -0.4 is 0 Å². The van der Waals surface area contributed by atoms with Crippen LogP contribution in [0.2, 0.25) is 0 Å². The Morgan fingerprint density at radius 1 is 1.64 bits per heavy atom. The maximum atomic E-state index is 8.97. The molecule has 0 bridgehead atoms. The van der Waals surface area contributed by atoms with Crippen molar-refractivity contribution < 1.29 is 5.11 Å². The van der Waals surface area contributed by atoms with Crippen LogP contribution in [0.25, 0.3) is 0 Å². The molecule has 1 N–H and O–H groups in total. The first-order chi connectivity index (χ1) is 5.38. The Morgan fingerprint density at radius 3 is 2.91 bits per heavy atom. The summed E-state index contributed by atoms with van der Waals surface area (Å²) in [6.45, 7) is 3.92. The number of rotatable bonds is 3. The highest BCUT2D eigenvalue weighted by Gasteiger charge is 2.11. The molecule has 62 valence electrons. The number of hydrogen-bond acceptors (Lipinski definition) is 1. The number of aliphatic hydroxyl groups is 1. The smallest absolute Gasteiger partial charge is 0.0531 e. The Labute approximate surface area is 68.4 Å². The molecule has 11 heavy (non-hydrogen) atoms. The van der Waals surface area contributed by atoms with E-state index in [1.807, 2.05) is 6.08 Å². The van der Waals surface area contributed by atoms with Crippen LogP contribution in [0.5, 0.6) is 0 Å². The molecule has 1 nitrogen and oxygen atoms in total. The van der Waals surface area contributed by atoms with E-state index in [1.54, 1.807) is 0 Å². The minimum Gasteiger partial charge on any atom is -0.395 e. The van der Waals surface area contributed by atoms with Crippen LogP contribution in [0.15, 0.2) is 24.3 Å². The van der Waals surface area contributed by atoms with Crippen LogP contribution in [0.3, 0.4) is 0 Å². The first-order valence-corrected chi connectivity index (χ1v) is 4.31. The summed E-state index contributed by atoms with van der Waals surface area (Å²) in [7, 11) is 0. The molecule has 0 unspecified atom stereocenters. The molecular formula is C10H16O. The van der Waals surface area contributed by atoms with Gasteiger partial charge in [-0.15, -0.1) is 6.58 Å². The molecule has 0 aromatic carbocycles. The summed E-state index contributed by atoms with van der Waals surface area (Å²) in [4.78, 5) is 0. The van der Waals surface area contributed by atoms with Gasteiger partial charge in [0.25, 0.3) is 0 Å². The van der Waals surface area contributed by atoms with Crippen molar-refractivity contribution in [2.24, 2.45) is 5.92 Å². The second-order valence-electron chi connectivity index (χ2n) is 3.05. The van der Waals surface area contributed by atoms with Crippen LogP contribution in [-0.4, -0.2) is 11.7 Å². The van der Waals surface area contributed by atoms with Gasteiger partial charge in [-0.2, -0.15) is 0 Å². The van der Waals surface area contributed by atoms with E-state index in [4.69, 9.17) is 5.11 Å². The third-order valence-corrected chi connectivity index (χ3v) is 2.28. The highest BCUT2D eigenvalue weighted by atomic mass is 16.3. The number of hydrogen-bond donors (Lipinski definition) is 1. The molecule has 0 radical (unpaired) electrons. The number of aliphatic hydroxyl groups excluding tert-OH is 1. The topological polar surface area (TPSA) is 20.2 Å². The van der Waals surface area contributed by atoms with Gasteiger partial charge in [0.1, 0.15) is 0 Å². The Kier molecular flexibility index (Phi) is 3.37. The van der Waals surface area contributed by atoms with Crippen LogP contribution >= 0.6 is 0 Å². The van der Waals surface area contributed by atoms with Crippen molar-refractivity contribution in [1.82, 2.24) is 0 Å². The molecule has 1 aliphatic carbocycles.